The number of carbonyl (C=O) groups is 1. The topological polar surface area (TPSA) is 55.2 Å². The fourth-order valence-electron chi connectivity index (χ4n) is 3.69. The summed E-state index contributed by atoms with van der Waals surface area (Å²) in [5, 5.41) is 0.725. The number of rotatable bonds is 4. The Morgan fingerprint density at radius 3 is 2.89 bits per heavy atom. The summed E-state index contributed by atoms with van der Waals surface area (Å²) in [4.78, 5) is 33.9. The summed E-state index contributed by atoms with van der Waals surface area (Å²) in [6.45, 7) is 2.79. The zero-order valence-corrected chi connectivity index (χ0v) is 16.5. The van der Waals surface area contributed by atoms with Crippen LogP contribution in [-0.2, 0) is 30.7 Å². The van der Waals surface area contributed by atoms with Gasteiger partial charge in [0.25, 0.3) is 5.56 Å². The quantitative estimate of drug-likeness (QED) is 0.697. The molecule has 0 bridgehead atoms. The molecular formula is C21H23N3O2S. The Hall–Kier alpha value is -2.47. The van der Waals surface area contributed by atoms with Crippen molar-refractivity contribution in [3.05, 3.63) is 63.0 Å². The lowest BCUT2D eigenvalue weighted by molar-refractivity contribution is -0.131. The molecule has 4 rings (SSSR count). The molecule has 27 heavy (non-hydrogen) atoms. The summed E-state index contributed by atoms with van der Waals surface area (Å²) >= 11 is 1.63. The molecule has 5 nitrogen and oxygen atoms in total. The molecule has 1 unspecified atom stereocenters. The number of hydrogen-bond donors (Lipinski definition) is 0. The van der Waals surface area contributed by atoms with Crippen molar-refractivity contribution in [1.29, 1.82) is 0 Å². The molecular weight excluding hydrogens is 358 g/mol. The van der Waals surface area contributed by atoms with Gasteiger partial charge in [0.2, 0.25) is 5.91 Å². The molecule has 1 aliphatic rings. The van der Waals surface area contributed by atoms with Gasteiger partial charge in [0.1, 0.15) is 11.4 Å². The van der Waals surface area contributed by atoms with E-state index in [0.29, 0.717) is 12.5 Å². The van der Waals surface area contributed by atoms with E-state index < -0.39 is 0 Å². The van der Waals surface area contributed by atoms with Crippen molar-refractivity contribution < 1.29 is 4.79 Å². The van der Waals surface area contributed by atoms with Crippen LogP contribution in [0.2, 0.25) is 0 Å². The predicted octanol–water partition coefficient (Wildman–Crippen LogP) is 3.24. The third kappa shape index (κ3) is 3.54. The first-order valence-corrected chi connectivity index (χ1v) is 10.1. The predicted molar refractivity (Wildman–Crippen MR) is 108 cm³/mol. The smallest absolute Gasteiger partial charge is 0.262 e. The number of thiophene rings is 1. The van der Waals surface area contributed by atoms with Crippen LogP contribution in [-0.4, -0.2) is 27.4 Å². The highest BCUT2D eigenvalue weighted by molar-refractivity contribution is 7.18. The molecule has 6 heteroatoms. The maximum atomic E-state index is 13.0. The Labute approximate surface area is 162 Å². The lowest BCUT2D eigenvalue weighted by Crippen LogP contribution is -2.33. The van der Waals surface area contributed by atoms with Crippen molar-refractivity contribution in [3.63, 3.8) is 0 Å². The maximum absolute atomic E-state index is 13.0. The minimum atomic E-state index is -0.0974. The largest absolute Gasteiger partial charge is 0.340 e. The van der Waals surface area contributed by atoms with Crippen LogP contribution >= 0.6 is 11.3 Å². The Morgan fingerprint density at radius 2 is 2.11 bits per heavy atom. The van der Waals surface area contributed by atoms with E-state index in [4.69, 9.17) is 0 Å². The van der Waals surface area contributed by atoms with Crippen molar-refractivity contribution in [3.8, 4) is 0 Å². The fraction of sp³-hybridized carbons (Fsp3) is 0.381. The van der Waals surface area contributed by atoms with Gasteiger partial charge in [0.15, 0.2) is 0 Å². The van der Waals surface area contributed by atoms with Gasteiger partial charge in [-0.1, -0.05) is 37.3 Å². The van der Waals surface area contributed by atoms with E-state index in [1.165, 1.54) is 15.8 Å². The van der Waals surface area contributed by atoms with E-state index in [9.17, 15) is 9.59 Å². The van der Waals surface area contributed by atoms with E-state index in [1.807, 2.05) is 30.3 Å². The van der Waals surface area contributed by atoms with Crippen molar-refractivity contribution in [2.75, 3.05) is 7.05 Å². The standard InChI is InChI=1S/C21H23N3O2S/c1-14-8-9-16-17(10-14)27-20-19(16)21(26)24(13-22-20)12-18(25)23(2)11-15-6-4-3-5-7-15/h3-7,13-14H,8-12H2,1-2H3. The molecule has 1 amide bonds. The summed E-state index contributed by atoms with van der Waals surface area (Å²) in [6, 6.07) is 9.84. The first kappa shape index (κ1) is 17.9. The monoisotopic (exact) mass is 381 g/mol. The summed E-state index contributed by atoms with van der Waals surface area (Å²) < 4.78 is 1.46. The number of likely N-dealkylation sites (N-methyl/N-ethyl adjacent to an activating group) is 1. The van der Waals surface area contributed by atoms with Crippen molar-refractivity contribution >= 4 is 27.5 Å². The van der Waals surface area contributed by atoms with Gasteiger partial charge in [-0.05, 0) is 36.3 Å². The minimum absolute atomic E-state index is 0.0200. The molecule has 0 radical (unpaired) electrons. The second-order valence-electron chi connectivity index (χ2n) is 7.44. The van der Waals surface area contributed by atoms with Crippen LogP contribution in [0.3, 0.4) is 0 Å². The number of amides is 1. The third-order valence-corrected chi connectivity index (χ3v) is 6.44. The average Bonchev–Trinajstić information content (AvgIpc) is 3.02. The van der Waals surface area contributed by atoms with Gasteiger partial charge in [-0.3, -0.25) is 14.2 Å². The molecule has 1 aliphatic carbocycles. The summed E-state index contributed by atoms with van der Waals surface area (Å²) in [6.07, 6.45) is 4.57. The molecule has 0 saturated carbocycles. The number of fused-ring (bicyclic) bond motifs is 3. The fourth-order valence-corrected chi connectivity index (χ4v) is 5.03. The number of nitrogens with zero attached hydrogens (tertiary/aromatic N) is 3. The van der Waals surface area contributed by atoms with E-state index in [-0.39, 0.29) is 18.0 Å². The van der Waals surface area contributed by atoms with Crippen LogP contribution < -0.4 is 5.56 Å². The molecule has 0 spiro atoms. The van der Waals surface area contributed by atoms with Gasteiger partial charge in [0.05, 0.1) is 11.7 Å². The first-order chi connectivity index (χ1) is 13.0. The van der Waals surface area contributed by atoms with Crippen molar-refractivity contribution in [2.45, 2.75) is 39.3 Å². The Morgan fingerprint density at radius 1 is 1.33 bits per heavy atom. The Kier molecular flexibility index (Phi) is 4.83. The SMILES string of the molecule is CC1CCc2c(sc3ncn(CC(=O)N(C)Cc4ccccc4)c(=O)c23)C1. The maximum Gasteiger partial charge on any atom is 0.262 e. The number of aryl methyl sites for hydroxylation is 1. The average molecular weight is 382 g/mol. The van der Waals surface area contributed by atoms with Crippen LogP contribution in [0.1, 0.15) is 29.3 Å². The highest BCUT2D eigenvalue weighted by Crippen LogP contribution is 2.35. The molecule has 0 N–H and O–H groups in total. The third-order valence-electron chi connectivity index (χ3n) is 5.28. The van der Waals surface area contributed by atoms with E-state index >= 15 is 0 Å². The molecule has 0 aliphatic heterocycles. The summed E-state index contributed by atoms with van der Waals surface area (Å²) in [5.41, 5.74) is 2.13. The first-order valence-electron chi connectivity index (χ1n) is 9.30. The van der Waals surface area contributed by atoms with Gasteiger partial charge >= 0.3 is 0 Å². The zero-order valence-electron chi connectivity index (χ0n) is 15.6. The van der Waals surface area contributed by atoms with Gasteiger partial charge in [-0.2, -0.15) is 0 Å². The Balaban J connectivity index is 1.58. The van der Waals surface area contributed by atoms with Gasteiger partial charge in [-0.25, -0.2) is 4.98 Å². The molecule has 1 aromatic carbocycles. The molecule has 2 aromatic heterocycles. The number of carbonyl (C=O) groups excluding carboxylic acids is 1. The van der Waals surface area contributed by atoms with Crippen molar-refractivity contribution in [1.82, 2.24) is 14.5 Å². The molecule has 2 heterocycles. The van der Waals surface area contributed by atoms with Crippen LogP contribution in [0.5, 0.6) is 0 Å². The number of benzene rings is 1. The molecule has 3 aromatic rings. The van der Waals surface area contributed by atoms with E-state index in [1.54, 1.807) is 23.3 Å². The van der Waals surface area contributed by atoms with Crippen LogP contribution in [0, 0.1) is 5.92 Å². The molecule has 140 valence electrons. The van der Waals surface area contributed by atoms with Gasteiger partial charge in [-0.15, -0.1) is 11.3 Å². The molecule has 0 fully saturated rings. The van der Waals surface area contributed by atoms with E-state index in [0.717, 1.165) is 40.6 Å². The number of aromatic nitrogens is 2. The minimum Gasteiger partial charge on any atom is -0.340 e. The van der Waals surface area contributed by atoms with Gasteiger partial charge < -0.3 is 4.90 Å². The molecule has 0 saturated heterocycles. The van der Waals surface area contributed by atoms with Crippen LogP contribution in [0.25, 0.3) is 10.2 Å². The van der Waals surface area contributed by atoms with Gasteiger partial charge in [0, 0.05) is 18.5 Å². The Bertz CT molecular complexity index is 1040. The normalized spacial score (nSPS) is 16.3. The zero-order chi connectivity index (χ0) is 19.0. The summed E-state index contributed by atoms with van der Waals surface area (Å²) in [7, 11) is 1.76. The number of hydrogen-bond acceptors (Lipinski definition) is 4. The lowest BCUT2D eigenvalue weighted by Gasteiger charge is -2.18. The molecule has 1 atom stereocenters. The van der Waals surface area contributed by atoms with E-state index in [2.05, 4.69) is 11.9 Å². The highest BCUT2D eigenvalue weighted by atomic mass is 32.1. The van der Waals surface area contributed by atoms with Crippen LogP contribution in [0.4, 0.5) is 0 Å². The highest BCUT2D eigenvalue weighted by Gasteiger charge is 2.23. The second-order valence-corrected chi connectivity index (χ2v) is 8.53. The lowest BCUT2D eigenvalue weighted by atomic mass is 9.89. The van der Waals surface area contributed by atoms with Crippen molar-refractivity contribution in [2.24, 2.45) is 5.92 Å². The summed E-state index contributed by atoms with van der Waals surface area (Å²) in [5.74, 6) is 0.556. The second kappa shape index (κ2) is 7.27. The van der Waals surface area contributed by atoms with Crippen LogP contribution in [0.15, 0.2) is 41.5 Å².